The molecule has 1 aliphatic heterocycles. The van der Waals surface area contributed by atoms with Crippen LogP contribution in [0.25, 0.3) is 17.0 Å². The highest BCUT2D eigenvalue weighted by atomic mass is 19.4. The number of rotatable bonds is 4. The van der Waals surface area contributed by atoms with Crippen LogP contribution >= 0.6 is 0 Å². The Morgan fingerprint density at radius 2 is 1.83 bits per heavy atom. The average Bonchev–Trinajstić information content (AvgIpc) is 2.75. The largest absolute Gasteiger partial charge is 0.433 e. The predicted molar refractivity (Wildman–Crippen MR) is 102 cm³/mol. The Kier molecular flexibility index (Phi) is 5.07. The van der Waals surface area contributed by atoms with Crippen molar-refractivity contribution in [1.29, 1.82) is 0 Å². The maximum Gasteiger partial charge on any atom is 0.433 e. The highest BCUT2D eigenvalue weighted by molar-refractivity contribution is 5.64. The van der Waals surface area contributed by atoms with Crippen molar-refractivity contribution in [1.82, 2.24) is 24.8 Å². The van der Waals surface area contributed by atoms with Crippen LogP contribution in [0.5, 0.6) is 0 Å². The molecule has 146 valence electrons. The molecular weight excluding hydrogens is 379 g/mol. The maximum atomic E-state index is 12.9. The molecule has 1 aliphatic rings. The van der Waals surface area contributed by atoms with Gasteiger partial charge in [0.25, 0.3) is 0 Å². The lowest BCUT2D eigenvalue weighted by Gasteiger charge is -2.27. The topological polar surface area (TPSA) is 54.8 Å². The van der Waals surface area contributed by atoms with E-state index < -0.39 is 11.9 Å². The highest BCUT2D eigenvalue weighted by Crippen LogP contribution is 2.30. The summed E-state index contributed by atoms with van der Waals surface area (Å²) in [5.41, 5.74) is 2.57. The second-order valence-corrected chi connectivity index (χ2v) is 6.43. The van der Waals surface area contributed by atoms with Gasteiger partial charge in [0.15, 0.2) is 0 Å². The lowest BCUT2D eigenvalue weighted by Crippen LogP contribution is -2.24. The van der Waals surface area contributed by atoms with E-state index in [1.165, 1.54) is 6.07 Å². The van der Waals surface area contributed by atoms with Crippen LogP contribution in [0.2, 0.25) is 0 Å². The average molecular weight is 395 g/mol. The summed E-state index contributed by atoms with van der Waals surface area (Å²) in [4.78, 5) is 18.3. The summed E-state index contributed by atoms with van der Waals surface area (Å²) in [6.45, 7) is 1.30. The summed E-state index contributed by atoms with van der Waals surface area (Å²) in [5, 5.41) is 0. The first-order valence-corrected chi connectivity index (χ1v) is 8.87. The smallest absolute Gasteiger partial charge is 0.362 e. The number of aromatic nitrogens is 4. The van der Waals surface area contributed by atoms with Crippen molar-refractivity contribution in [3.05, 3.63) is 90.4 Å². The van der Waals surface area contributed by atoms with Gasteiger partial charge in [-0.1, -0.05) is 18.2 Å². The Morgan fingerprint density at radius 3 is 2.55 bits per heavy atom. The van der Waals surface area contributed by atoms with E-state index in [9.17, 15) is 13.2 Å². The lowest BCUT2D eigenvalue weighted by molar-refractivity contribution is -0.141. The van der Waals surface area contributed by atoms with Gasteiger partial charge in [0.1, 0.15) is 11.4 Å². The number of halogens is 3. The lowest BCUT2D eigenvalue weighted by atomic mass is 10.1. The number of hydrogen-bond acceptors (Lipinski definition) is 5. The molecule has 0 fully saturated rings. The van der Waals surface area contributed by atoms with E-state index in [4.69, 9.17) is 0 Å². The van der Waals surface area contributed by atoms with Crippen molar-refractivity contribution in [3.8, 4) is 11.3 Å². The zero-order valence-electron chi connectivity index (χ0n) is 15.2. The molecule has 3 aromatic rings. The molecule has 0 amide bonds. The fourth-order valence-corrected chi connectivity index (χ4v) is 3.03. The summed E-state index contributed by atoms with van der Waals surface area (Å²) < 4.78 is 38.6. The first-order chi connectivity index (χ1) is 14.0. The minimum Gasteiger partial charge on any atom is -0.362 e. The normalized spacial score (nSPS) is 14.0. The van der Waals surface area contributed by atoms with Gasteiger partial charge in [-0.3, -0.25) is 19.9 Å². The number of allylic oxidation sites excluding steroid dienone is 2. The molecule has 0 aliphatic carbocycles. The summed E-state index contributed by atoms with van der Waals surface area (Å²) in [5.74, 6) is 0. The van der Waals surface area contributed by atoms with Crippen LogP contribution in [0.15, 0.2) is 73.5 Å². The van der Waals surface area contributed by atoms with Gasteiger partial charge < -0.3 is 4.90 Å². The fourth-order valence-electron chi connectivity index (χ4n) is 3.03. The third-order valence-electron chi connectivity index (χ3n) is 4.43. The molecule has 3 aromatic heterocycles. The molecule has 0 bridgehead atoms. The SMILES string of the molecule is FC(F)(F)c1cc(-c2ccc(CN3CC=CC=C3c3cnccn3)cn2)ccn1. The van der Waals surface area contributed by atoms with E-state index in [2.05, 4.69) is 24.8 Å². The van der Waals surface area contributed by atoms with Crippen LogP contribution in [0.1, 0.15) is 17.0 Å². The van der Waals surface area contributed by atoms with Crippen molar-refractivity contribution >= 4 is 5.70 Å². The summed E-state index contributed by atoms with van der Waals surface area (Å²) in [7, 11) is 0. The zero-order chi connectivity index (χ0) is 20.3. The standard InChI is InChI=1S/C21H16F3N5/c22-21(23,24)20-11-16(6-7-27-20)17-5-4-15(12-28-17)14-29-10-2-1-3-19(29)18-13-25-8-9-26-18/h1-9,11-13H,10,14H2. The molecule has 0 saturated carbocycles. The molecular formula is C21H16F3N5. The highest BCUT2D eigenvalue weighted by Gasteiger charge is 2.32. The second-order valence-electron chi connectivity index (χ2n) is 6.43. The number of pyridine rings is 2. The zero-order valence-corrected chi connectivity index (χ0v) is 15.2. The Balaban J connectivity index is 1.53. The third-order valence-corrected chi connectivity index (χ3v) is 4.43. The third kappa shape index (κ3) is 4.31. The molecule has 8 heteroatoms. The molecule has 0 aromatic carbocycles. The fraction of sp³-hybridized carbons (Fsp3) is 0.143. The minimum atomic E-state index is -4.49. The minimum absolute atomic E-state index is 0.375. The van der Waals surface area contributed by atoms with Crippen LogP contribution in [0.3, 0.4) is 0 Å². The first kappa shape index (κ1) is 18.8. The van der Waals surface area contributed by atoms with Gasteiger partial charge in [-0.25, -0.2) is 0 Å². The van der Waals surface area contributed by atoms with Crippen LogP contribution in [0.4, 0.5) is 13.2 Å². The molecule has 0 unspecified atom stereocenters. The van der Waals surface area contributed by atoms with E-state index in [0.29, 0.717) is 24.3 Å². The van der Waals surface area contributed by atoms with Gasteiger partial charge in [0, 0.05) is 43.4 Å². The van der Waals surface area contributed by atoms with Gasteiger partial charge in [0.2, 0.25) is 0 Å². The molecule has 0 radical (unpaired) electrons. The summed E-state index contributed by atoms with van der Waals surface area (Å²) in [6.07, 6.45) is 9.31. The molecule has 0 saturated heterocycles. The van der Waals surface area contributed by atoms with Gasteiger partial charge >= 0.3 is 6.18 Å². The van der Waals surface area contributed by atoms with Crippen molar-refractivity contribution in [2.24, 2.45) is 0 Å². The van der Waals surface area contributed by atoms with Crippen molar-refractivity contribution < 1.29 is 13.2 Å². The predicted octanol–water partition coefficient (Wildman–Crippen LogP) is 4.37. The van der Waals surface area contributed by atoms with E-state index in [1.54, 1.807) is 30.9 Å². The van der Waals surface area contributed by atoms with Gasteiger partial charge in [-0.15, -0.1) is 0 Å². The van der Waals surface area contributed by atoms with Gasteiger partial charge in [-0.05, 0) is 29.8 Å². The maximum absolute atomic E-state index is 12.9. The van der Waals surface area contributed by atoms with Gasteiger partial charge in [-0.2, -0.15) is 13.2 Å². The van der Waals surface area contributed by atoms with E-state index in [0.717, 1.165) is 29.2 Å². The molecule has 0 atom stereocenters. The van der Waals surface area contributed by atoms with Crippen LogP contribution in [-0.2, 0) is 12.7 Å². The monoisotopic (exact) mass is 395 g/mol. The van der Waals surface area contributed by atoms with Crippen LogP contribution in [-0.4, -0.2) is 31.4 Å². The van der Waals surface area contributed by atoms with Crippen LogP contribution in [0, 0.1) is 0 Å². The Labute approximate surface area is 165 Å². The molecule has 4 rings (SSSR count). The Bertz CT molecular complexity index is 1040. The molecule has 4 heterocycles. The van der Waals surface area contributed by atoms with Crippen molar-refractivity contribution in [2.45, 2.75) is 12.7 Å². The van der Waals surface area contributed by atoms with E-state index in [-0.39, 0.29) is 0 Å². The number of alkyl halides is 3. The molecule has 29 heavy (non-hydrogen) atoms. The number of nitrogens with zero attached hydrogens (tertiary/aromatic N) is 5. The quantitative estimate of drug-likeness (QED) is 0.657. The summed E-state index contributed by atoms with van der Waals surface area (Å²) in [6, 6.07) is 6.10. The molecule has 5 nitrogen and oxygen atoms in total. The summed E-state index contributed by atoms with van der Waals surface area (Å²) >= 11 is 0. The molecule has 0 N–H and O–H groups in total. The first-order valence-electron chi connectivity index (χ1n) is 8.87. The van der Waals surface area contributed by atoms with Crippen LogP contribution < -0.4 is 0 Å². The Hall–Kier alpha value is -3.55. The second kappa shape index (κ2) is 7.83. The Morgan fingerprint density at radius 1 is 0.931 bits per heavy atom. The van der Waals surface area contributed by atoms with E-state index in [1.807, 2.05) is 24.3 Å². The van der Waals surface area contributed by atoms with Gasteiger partial charge in [0.05, 0.1) is 17.6 Å². The van der Waals surface area contributed by atoms with Crippen molar-refractivity contribution in [3.63, 3.8) is 0 Å². The van der Waals surface area contributed by atoms with E-state index >= 15 is 0 Å². The molecule has 0 spiro atoms. The van der Waals surface area contributed by atoms with Crippen molar-refractivity contribution in [2.75, 3.05) is 6.54 Å². The number of hydrogen-bond donors (Lipinski definition) is 0.